The van der Waals surface area contributed by atoms with Crippen LogP contribution in [0.2, 0.25) is 0 Å². The molecule has 1 amide bonds. The number of hydrogen-bond donors (Lipinski definition) is 1. The van der Waals surface area contributed by atoms with Crippen LogP contribution in [0.15, 0.2) is 72.8 Å². The van der Waals surface area contributed by atoms with E-state index in [0.29, 0.717) is 0 Å². The van der Waals surface area contributed by atoms with Crippen LogP contribution in [0, 0.1) is 0 Å². The summed E-state index contributed by atoms with van der Waals surface area (Å²) in [6, 6.07) is 23.2. The van der Waals surface area contributed by atoms with Crippen LogP contribution < -0.4 is 4.90 Å². The number of benzene rings is 3. The molecule has 1 unspecified atom stereocenters. The molecule has 3 heteroatoms. The van der Waals surface area contributed by atoms with Gasteiger partial charge in [0.1, 0.15) is 0 Å². The molecule has 0 aromatic heterocycles. The molecule has 3 nitrogen and oxygen atoms in total. The Kier molecular flexibility index (Phi) is 4.40. The molecule has 1 N–H and O–H groups in total. The van der Waals surface area contributed by atoms with Crippen molar-refractivity contribution < 1.29 is 9.90 Å². The van der Waals surface area contributed by atoms with E-state index in [-0.39, 0.29) is 12.3 Å². The fourth-order valence-electron chi connectivity index (χ4n) is 2.62. The van der Waals surface area contributed by atoms with E-state index in [1.165, 1.54) is 0 Å². The number of rotatable bonds is 4. The number of carbonyl (C=O) groups excluding carboxylic acids is 1. The molecular formula is C20H19NO2. The van der Waals surface area contributed by atoms with Crippen LogP contribution >= 0.6 is 0 Å². The lowest BCUT2D eigenvalue weighted by atomic mass is 10.1. The lowest BCUT2D eigenvalue weighted by molar-refractivity contribution is -0.120. The van der Waals surface area contributed by atoms with Crippen LogP contribution in [0.4, 0.5) is 5.69 Å². The Morgan fingerprint density at radius 2 is 1.61 bits per heavy atom. The molecule has 0 fully saturated rings. The third-order valence-corrected chi connectivity index (χ3v) is 4.05. The maximum atomic E-state index is 12.4. The fraction of sp³-hybridized carbons (Fsp3) is 0.150. The number of fused-ring (bicyclic) bond motifs is 1. The number of aliphatic hydroxyl groups excluding tert-OH is 1. The van der Waals surface area contributed by atoms with E-state index in [9.17, 15) is 9.90 Å². The first-order chi connectivity index (χ1) is 11.1. The van der Waals surface area contributed by atoms with Crippen molar-refractivity contribution in [3.05, 3.63) is 78.4 Å². The number of aliphatic hydroxyl groups is 1. The highest BCUT2D eigenvalue weighted by molar-refractivity contribution is 5.96. The molecule has 0 radical (unpaired) electrons. The van der Waals surface area contributed by atoms with E-state index in [4.69, 9.17) is 0 Å². The molecule has 3 aromatic carbocycles. The zero-order chi connectivity index (χ0) is 16.2. The SMILES string of the molecule is CN(C(=O)CC(O)c1ccccc1)c1ccc2ccccc2c1. The summed E-state index contributed by atoms with van der Waals surface area (Å²) in [4.78, 5) is 14.0. The van der Waals surface area contributed by atoms with Gasteiger partial charge in [-0.25, -0.2) is 0 Å². The monoisotopic (exact) mass is 305 g/mol. The predicted octanol–water partition coefficient (Wildman–Crippen LogP) is 3.93. The summed E-state index contributed by atoms with van der Waals surface area (Å²) in [6.45, 7) is 0. The van der Waals surface area contributed by atoms with Crippen molar-refractivity contribution in [3.8, 4) is 0 Å². The zero-order valence-corrected chi connectivity index (χ0v) is 13.0. The first-order valence-corrected chi connectivity index (χ1v) is 7.63. The maximum Gasteiger partial charge on any atom is 0.229 e. The van der Waals surface area contributed by atoms with Crippen molar-refractivity contribution >= 4 is 22.4 Å². The number of nitrogens with zero attached hydrogens (tertiary/aromatic N) is 1. The maximum absolute atomic E-state index is 12.4. The minimum absolute atomic E-state index is 0.0628. The Bertz CT molecular complexity index is 814. The third kappa shape index (κ3) is 3.41. The number of hydrogen-bond acceptors (Lipinski definition) is 2. The summed E-state index contributed by atoms with van der Waals surface area (Å²) >= 11 is 0. The molecular weight excluding hydrogens is 286 g/mol. The molecule has 23 heavy (non-hydrogen) atoms. The van der Waals surface area contributed by atoms with Crippen LogP contribution in [-0.4, -0.2) is 18.1 Å². The number of carbonyl (C=O) groups is 1. The van der Waals surface area contributed by atoms with Crippen molar-refractivity contribution in [1.82, 2.24) is 0 Å². The Balaban J connectivity index is 1.75. The topological polar surface area (TPSA) is 40.5 Å². The van der Waals surface area contributed by atoms with Gasteiger partial charge in [0.2, 0.25) is 5.91 Å². The minimum Gasteiger partial charge on any atom is -0.388 e. The Morgan fingerprint density at radius 3 is 2.35 bits per heavy atom. The highest BCUT2D eigenvalue weighted by Gasteiger charge is 2.17. The van der Waals surface area contributed by atoms with Gasteiger partial charge in [0, 0.05) is 12.7 Å². The molecule has 0 aliphatic rings. The van der Waals surface area contributed by atoms with Gasteiger partial charge in [0.25, 0.3) is 0 Å². The van der Waals surface area contributed by atoms with Gasteiger partial charge in [0.15, 0.2) is 0 Å². The second-order valence-electron chi connectivity index (χ2n) is 5.61. The highest BCUT2D eigenvalue weighted by Crippen LogP contribution is 2.23. The fourth-order valence-corrected chi connectivity index (χ4v) is 2.62. The summed E-state index contributed by atoms with van der Waals surface area (Å²) < 4.78 is 0. The van der Waals surface area contributed by atoms with Crippen LogP contribution in [0.25, 0.3) is 10.8 Å². The third-order valence-electron chi connectivity index (χ3n) is 4.05. The summed E-state index contributed by atoms with van der Waals surface area (Å²) in [5, 5.41) is 12.4. The normalized spacial score (nSPS) is 12.1. The summed E-state index contributed by atoms with van der Waals surface area (Å²) in [5.41, 5.74) is 1.58. The van der Waals surface area contributed by atoms with Gasteiger partial charge in [0.05, 0.1) is 12.5 Å². The van der Waals surface area contributed by atoms with Gasteiger partial charge in [-0.05, 0) is 28.5 Å². The Morgan fingerprint density at radius 1 is 0.957 bits per heavy atom. The van der Waals surface area contributed by atoms with E-state index in [2.05, 4.69) is 0 Å². The summed E-state index contributed by atoms with van der Waals surface area (Å²) in [6.07, 6.45) is -0.723. The van der Waals surface area contributed by atoms with Gasteiger partial charge in [-0.2, -0.15) is 0 Å². The second-order valence-corrected chi connectivity index (χ2v) is 5.61. The number of amides is 1. The van der Waals surface area contributed by atoms with Crippen molar-refractivity contribution in [3.63, 3.8) is 0 Å². The average Bonchev–Trinajstić information content (AvgIpc) is 2.61. The zero-order valence-electron chi connectivity index (χ0n) is 13.0. The molecule has 0 heterocycles. The molecule has 1 atom stereocenters. The average molecular weight is 305 g/mol. The van der Waals surface area contributed by atoms with Crippen molar-refractivity contribution in [2.75, 3.05) is 11.9 Å². The van der Waals surface area contributed by atoms with Crippen LogP contribution in [0.3, 0.4) is 0 Å². The van der Waals surface area contributed by atoms with Crippen molar-refractivity contribution in [2.24, 2.45) is 0 Å². The van der Waals surface area contributed by atoms with Crippen LogP contribution in [0.5, 0.6) is 0 Å². The van der Waals surface area contributed by atoms with Crippen LogP contribution in [0.1, 0.15) is 18.1 Å². The number of anilines is 1. The molecule has 0 aliphatic carbocycles. The predicted molar refractivity (Wildman–Crippen MR) is 93.4 cm³/mol. The standard InChI is InChI=1S/C20H19NO2/c1-21(18-12-11-15-7-5-6-10-17(15)13-18)20(23)14-19(22)16-8-3-2-4-9-16/h2-13,19,22H,14H2,1H3. The van der Waals surface area contributed by atoms with E-state index in [1.54, 1.807) is 11.9 Å². The molecule has 0 spiro atoms. The van der Waals surface area contributed by atoms with Crippen molar-refractivity contribution in [2.45, 2.75) is 12.5 Å². The van der Waals surface area contributed by atoms with Gasteiger partial charge in [-0.15, -0.1) is 0 Å². The Hall–Kier alpha value is -2.65. The largest absolute Gasteiger partial charge is 0.388 e. The van der Waals surface area contributed by atoms with Gasteiger partial charge in [-0.3, -0.25) is 4.79 Å². The summed E-state index contributed by atoms with van der Waals surface area (Å²) in [5.74, 6) is -0.114. The lowest BCUT2D eigenvalue weighted by Gasteiger charge is -2.20. The quantitative estimate of drug-likeness (QED) is 0.793. The van der Waals surface area contributed by atoms with Gasteiger partial charge < -0.3 is 10.0 Å². The minimum atomic E-state index is -0.786. The summed E-state index contributed by atoms with van der Waals surface area (Å²) in [7, 11) is 1.74. The molecule has 0 saturated heterocycles. The van der Waals surface area contributed by atoms with Crippen molar-refractivity contribution in [1.29, 1.82) is 0 Å². The molecule has 0 aliphatic heterocycles. The first-order valence-electron chi connectivity index (χ1n) is 7.63. The van der Waals surface area contributed by atoms with E-state index < -0.39 is 6.10 Å². The van der Waals surface area contributed by atoms with Gasteiger partial charge >= 0.3 is 0 Å². The first kappa shape index (κ1) is 15.3. The highest BCUT2D eigenvalue weighted by atomic mass is 16.3. The molecule has 116 valence electrons. The van der Waals surface area contributed by atoms with E-state index in [0.717, 1.165) is 22.0 Å². The smallest absolute Gasteiger partial charge is 0.229 e. The molecule has 0 bridgehead atoms. The van der Waals surface area contributed by atoms with E-state index >= 15 is 0 Å². The lowest BCUT2D eigenvalue weighted by Crippen LogP contribution is -2.27. The van der Waals surface area contributed by atoms with Crippen LogP contribution in [-0.2, 0) is 4.79 Å². The Labute approximate surface area is 135 Å². The molecule has 3 aromatic rings. The molecule has 0 saturated carbocycles. The molecule has 3 rings (SSSR count). The second kappa shape index (κ2) is 6.63. The van der Waals surface area contributed by atoms with E-state index in [1.807, 2.05) is 72.8 Å². The van der Waals surface area contributed by atoms with Gasteiger partial charge in [-0.1, -0.05) is 60.7 Å².